The molecular formula is C32H39N5O. The Morgan fingerprint density at radius 3 is 2.61 bits per heavy atom. The molecule has 0 saturated carbocycles. The van der Waals surface area contributed by atoms with Crippen molar-refractivity contribution in [1.29, 1.82) is 0 Å². The number of aliphatic imine (C=N–C) groups is 1. The number of likely N-dealkylation sites (N-methyl/N-ethyl adjacent to an activating group) is 1. The molecule has 1 saturated heterocycles. The molecule has 0 unspecified atom stereocenters. The van der Waals surface area contributed by atoms with Crippen molar-refractivity contribution in [1.82, 2.24) is 19.8 Å². The van der Waals surface area contributed by atoms with Crippen LogP contribution < -0.4 is 0 Å². The smallest absolute Gasteiger partial charge is 0.181 e. The van der Waals surface area contributed by atoms with Gasteiger partial charge in [0.15, 0.2) is 5.78 Å². The number of carbonyl (C=O) groups is 1. The fraction of sp³-hybridized carbons (Fsp3) is 0.438. The number of ketones is 1. The Bertz CT molecular complexity index is 1280. The summed E-state index contributed by atoms with van der Waals surface area (Å²) in [5.74, 6) is 0.144. The summed E-state index contributed by atoms with van der Waals surface area (Å²) < 4.78 is 0. The summed E-state index contributed by atoms with van der Waals surface area (Å²) in [7, 11) is 2.18. The van der Waals surface area contributed by atoms with Crippen LogP contribution in [0, 0.1) is 0 Å². The third-order valence-electron chi connectivity index (χ3n) is 7.75. The first-order valence-corrected chi connectivity index (χ1v) is 14.1. The van der Waals surface area contributed by atoms with Gasteiger partial charge in [-0.1, -0.05) is 25.1 Å². The molecule has 4 heterocycles. The lowest BCUT2D eigenvalue weighted by atomic mass is 9.92. The van der Waals surface area contributed by atoms with Crippen molar-refractivity contribution in [3.8, 4) is 11.1 Å². The Morgan fingerprint density at radius 1 is 0.947 bits per heavy atom. The number of piperazine rings is 1. The van der Waals surface area contributed by atoms with Crippen molar-refractivity contribution in [2.75, 3.05) is 39.8 Å². The molecule has 38 heavy (non-hydrogen) atoms. The summed E-state index contributed by atoms with van der Waals surface area (Å²) in [6.07, 6.45) is 10.9. The highest BCUT2D eigenvalue weighted by atomic mass is 16.1. The number of rotatable bonds is 9. The Labute approximate surface area is 226 Å². The van der Waals surface area contributed by atoms with Crippen LogP contribution in [0.2, 0.25) is 0 Å². The molecular weight excluding hydrogens is 470 g/mol. The average Bonchev–Trinajstić information content (AvgIpc) is 3.17. The van der Waals surface area contributed by atoms with Gasteiger partial charge in [0.2, 0.25) is 0 Å². The Kier molecular flexibility index (Phi) is 8.72. The van der Waals surface area contributed by atoms with Crippen LogP contribution in [0.3, 0.4) is 0 Å². The highest BCUT2D eigenvalue weighted by molar-refractivity contribution is 6.46. The molecule has 198 valence electrons. The van der Waals surface area contributed by atoms with Crippen LogP contribution in [0.15, 0.2) is 60.0 Å². The van der Waals surface area contributed by atoms with Crippen LogP contribution in [0.5, 0.6) is 0 Å². The summed E-state index contributed by atoms with van der Waals surface area (Å²) in [6.45, 7) is 8.12. The van der Waals surface area contributed by atoms with E-state index >= 15 is 0 Å². The van der Waals surface area contributed by atoms with E-state index in [0.29, 0.717) is 18.7 Å². The molecule has 5 rings (SSSR count). The molecule has 0 radical (unpaired) electrons. The number of aryl methyl sites for hydroxylation is 3. The second-order valence-electron chi connectivity index (χ2n) is 10.7. The van der Waals surface area contributed by atoms with Crippen LogP contribution in [0.4, 0.5) is 0 Å². The fourth-order valence-electron chi connectivity index (χ4n) is 5.36. The lowest BCUT2D eigenvalue weighted by molar-refractivity contribution is -0.113. The lowest BCUT2D eigenvalue weighted by Gasteiger charge is -2.32. The zero-order valence-corrected chi connectivity index (χ0v) is 22.8. The molecule has 1 aromatic carbocycles. The van der Waals surface area contributed by atoms with E-state index in [9.17, 15) is 4.79 Å². The Morgan fingerprint density at radius 2 is 1.82 bits per heavy atom. The number of nitrogens with zero attached hydrogens (tertiary/aromatic N) is 5. The van der Waals surface area contributed by atoms with Gasteiger partial charge in [0, 0.05) is 81.1 Å². The van der Waals surface area contributed by atoms with Gasteiger partial charge in [0.05, 0.1) is 0 Å². The minimum Gasteiger partial charge on any atom is -0.304 e. The number of pyridine rings is 2. The molecule has 6 nitrogen and oxygen atoms in total. The van der Waals surface area contributed by atoms with Crippen LogP contribution >= 0.6 is 0 Å². The molecule has 0 aliphatic carbocycles. The van der Waals surface area contributed by atoms with Gasteiger partial charge in [-0.25, -0.2) is 0 Å². The maximum atomic E-state index is 13.4. The van der Waals surface area contributed by atoms with Crippen molar-refractivity contribution >= 4 is 11.5 Å². The zero-order valence-electron chi connectivity index (χ0n) is 22.8. The summed E-state index contributed by atoms with van der Waals surface area (Å²) in [5.41, 5.74) is 8.59. The normalized spacial score (nSPS) is 16.5. The predicted octanol–water partition coefficient (Wildman–Crippen LogP) is 4.78. The molecule has 0 spiro atoms. The van der Waals surface area contributed by atoms with Crippen molar-refractivity contribution in [2.24, 2.45) is 4.99 Å². The van der Waals surface area contributed by atoms with Gasteiger partial charge >= 0.3 is 0 Å². The third kappa shape index (κ3) is 6.61. The molecule has 0 N–H and O–H groups in total. The SMILES string of the molecule is CCc1ccc(CCCC(=O)C2=NCCCc3ccc(-c4cncc(CN5CCN(C)CC5)c4)cc32)cn1. The second-order valence-corrected chi connectivity index (χ2v) is 10.7. The maximum absolute atomic E-state index is 13.4. The second kappa shape index (κ2) is 12.5. The van der Waals surface area contributed by atoms with E-state index in [1.165, 1.54) is 16.7 Å². The Balaban J connectivity index is 1.29. The van der Waals surface area contributed by atoms with Crippen molar-refractivity contribution in [3.63, 3.8) is 0 Å². The average molecular weight is 510 g/mol. The van der Waals surface area contributed by atoms with Crippen LogP contribution in [-0.2, 0) is 30.6 Å². The predicted molar refractivity (Wildman–Crippen MR) is 154 cm³/mol. The number of benzene rings is 1. The highest BCUT2D eigenvalue weighted by Crippen LogP contribution is 2.27. The molecule has 0 atom stereocenters. The quantitative estimate of drug-likeness (QED) is 0.415. The van der Waals surface area contributed by atoms with Gasteiger partial charge in [-0.3, -0.25) is 24.7 Å². The Hall–Kier alpha value is -3.22. The van der Waals surface area contributed by atoms with Gasteiger partial charge in [0.25, 0.3) is 0 Å². The summed E-state index contributed by atoms with van der Waals surface area (Å²) >= 11 is 0. The number of fused-ring (bicyclic) bond motifs is 1. The monoisotopic (exact) mass is 509 g/mol. The first kappa shape index (κ1) is 26.4. The number of hydrogen-bond donors (Lipinski definition) is 0. The van der Waals surface area contributed by atoms with Gasteiger partial charge in [-0.15, -0.1) is 0 Å². The van der Waals surface area contributed by atoms with E-state index in [1.807, 2.05) is 18.6 Å². The van der Waals surface area contributed by atoms with Crippen molar-refractivity contribution in [2.45, 2.75) is 52.0 Å². The fourth-order valence-corrected chi connectivity index (χ4v) is 5.36. The first-order chi connectivity index (χ1) is 18.6. The van der Waals surface area contributed by atoms with Crippen molar-refractivity contribution < 1.29 is 4.79 Å². The molecule has 0 bridgehead atoms. The van der Waals surface area contributed by atoms with Crippen LogP contribution in [0.1, 0.15) is 54.1 Å². The largest absolute Gasteiger partial charge is 0.304 e. The van der Waals surface area contributed by atoms with Crippen molar-refractivity contribution in [3.05, 3.63) is 82.9 Å². The molecule has 2 aromatic heterocycles. The summed E-state index contributed by atoms with van der Waals surface area (Å²) in [6, 6.07) is 13.0. The zero-order chi connectivity index (χ0) is 26.3. The van der Waals surface area contributed by atoms with Gasteiger partial charge in [0.1, 0.15) is 5.71 Å². The molecule has 2 aliphatic heterocycles. The first-order valence-electron chi connectivity index (χ1n) is 14.1. The van der Waals surface area contributed by atoms with E-state index in [0.717, 1.165) is 87.2 Å². The molecule has 0 amide bonds. The van der Waals surface area contributed by atoms with Crippen LogP contribution in [-0.4, -0.2) is 71.0 Å². The van der Waals surface area contributed by atoms with E-state index in [-0.39, 0.29) is 5.78 Å². The summed E-state index contributed by atoms with van der Waals surface area (Å²) in [5, 5.41) is 0. The minimum atomic E-state index is 0.144. The highest BCUT2D eigenvalue weighted by Gasteiger charge is 2.20. The molecule has 1 fully saturated rings. The van der Waals surface area contributed by atoms with E-state index in [4.69, 9.17) is 4.99 Å². The topological polar surface area (TPSA) is 61.7 Å². The number of hydrogen-bond acceptors (Lipinski definition) is 6. The van der Waals surface area contributed by atoms with Gasteiger partial charge in [-0.05, 0) is 79.6 Å². The molecule has 2 aliphatic rings. The number of carbonyl (C=O) groups excluding carboxylic acids is 1. The summed E-state index contributed by atoms with van der Waals surface area (Å²) in [4.78, 5) is 32.1. The van der Waals surface area contributed by atoms with E-state index < -0.39 is 0 Å². The maximum Gasteiger partial charge on any atom is 0.181 e. The molecule has 6 heteroatoms. The standard InChI is InChI=1S/C32H39N5O/c1-3-29-12-9-24(21-35-29)6-4-8-31(38)32-30-19-27(11-10-26(30)7-5-13-34-32)28-18-25(20-33-22-28)23-37-16-14-36(2)15-17-37/h9-12,18-22H,3-8,13-17,23H2,1-2H3. The van der Waals surface area contributed by atoms with Crippen LogP contribution in [0.25, 0.3) is 11.1 Å². The van der Waals surface area contributed by atoms with Gasteiger partial charge in [-0.2, -0.15) is 0 Å². The lowest BCUT2D eigenvalue weighted by Crippen LogP contribution is -2.43. The van der Waals surface area contributed by atoms with E-state index in [1.54, 1.807) is 0 Å². The molecule has 3 aromatic rings. The third-order valence-corrected chi connectivity index (χ3v) is 7.75. The number of aromatic nitrogens is 2. The van der Waals surface area contributed by atoms with E-state index in [2.05, 4.69) is 70.1 Å². The minimum absolute atomic E-state index is 0.144. The number of Topliss-reactive ketones (excluding diaryl/α,β-unsaturated/α-hetero) is 1. The van der Waals surface area contributed by atoms with Gasteiger partial charge < -0.3 is 4.90 Å².